The lowest BCUT2D eigenvalue weighted by Gasteiger charge is -2.30. The Labute approximate surface area is 169 Å². The number of morpholine rings is 1. The molecule has 0 atom stereocenters. The van der Waals surface area contributed by atoms with Crippen LogP contribution in [-0.2, 0) is 17.8 Å². The number of carbonyl (C=O) groups is 1. The first-order chi connectivity index (χ1) is 13.7. The number of piperidine rings is 1. The molecule has 2 heterocycles. The van der Waals surface area contributed by atoms with Crippen LogP contribution >= 0.6 is 0 Å². The van der Waals surface area contributed by atoms with Gasteiger partial charge in [-0.05, 0) is 55.9 Å². The van der Waals surface area contributed by atoms with Crippen molar-refractivity contribution in [2.75, 3.05) is 52.5 Å². The highest BCUT2D eigenvalue weighted by molar-refractivity contribution is 5.73. The van der Waals surface area contributed by atoms with Crippen LogP contribution < -0.4 is 10.6 Å². The zero-order chi connectivity index (χ0) is 19.6. The number of hydrogen-bond donors (Lipinski definition) is 2. The minimum Gasteiger partial charge on any atom is -0.379 e. The predicted octanol–water partition coefficient (Wildman–Crippen LogP) is 2.44. The van der Waals surface area contributed by atoms with Crippen molar-refractivity contribution >= 4 is 6.03 Å². The number of rotatable bonds is 8. The first-order valence-corrected chi connectivity index (χ1v) is 10.8. The Morgan fingerprint density at radius 3 is 2.50 bits per heavy atom. The van der Waals surface area contributed by atoms with E-state index in [-0.39, 0.29) is 6.03 Å². The lowest BCUT2D eigenvalue weighted by atomic mass is 9.99. The van der Waals surface area contributed by atoms with Crippen LogP contribution in [0.2, 0.25) is 0 Å². The third-order valence-corrected chi connectivity index (χ3v) is 5.87. The van der Waals surface area contributed by atoms with Crippen molar-refractivity contribution in [2.45, 2.75) is 39.3 Å². The van der Waals surface area contributed by atoms with E-state index in [9.17, 15) is 4.79 Å². The summed E-state index contributed by atoms with van der Waals surface area (Å²) in [6.45, 7) is 11.6. The van der Waals surface area contributed by atoms with Gasteiger partial charge < -0.3 is 20.3 Å². The molecule has 6 nitrogen and oxygen atoms in total. The average molecular weight is 389 g/mol. The molecule has 3 rings (SSSR count). The first kappa shape index (κ1) is 21.1. The van der Waals surface area contributed by atoms with E-state index < -0.39 is 0 Å². The standard InChI is InChI=1S/C22H36N4O2/c1-19-7-11-25(12-8-19)10-4-9-23-22(27)24-17-20-5-2-3-6-21(20)18-26-13-15-28-16-14-26/h2-3,5-6,19H,4,7-18H2,1H3,(H2,23,24,27). The van der Waals surface area contributed by atoms with Gasteiger partial charge in [0.2, 0.25) is 0 Å². The molecule has 1 aromatic carbocycles. The molecule has 28 heavy (non-hydrogen) atoms. The maximum Gasteiger partial charge on any atom is 0.315 e. The SMILES string of the molecule is CC1CCN(CCCNC(=O)NCc2ccccc2CN2CCOCC2)CC1. The van der Waals surface area contributed by atoms with Crippen LogP contribution in [0.15, 0.2) is 24.3 Å². The Bertz CT molecular complexity index is 596. The van der Waals surface area contributed by atoms with Crippen molar-refractivity contribution in [3.05, 3.63) is 35.4 Å². The van der Waals surface area contributed by atoms with E-state index in [1.807, 2.05) is 6.07 Å². The van der Waals surface area contributed by atoms with Gasteiger partial charge in [-0.1, -0.05) is 31.2 Å². The molecule has 2 fully saturated rings. The van der Waals surface area contributed by atoms with Gasteiger partial charge in [-0.15, -0.1) is 0 Å². The van der Waals surface area contributed by atoms with Gasteiger partial charge in [-0.2, -0.15) is 0 Å². The third kappa shape index (κ3) is 7.08. The summed E-state index contributed by atoms with van der Waals surface area (Å²) >= 11 is 0. The number of carbonyl (C=O) groups excluding carboxylic acids is 1. The summed E-state index contributed by atoms with van der Waals surface area (Å²) in [6.07, 6.45) is 3.62. The molecule has 156 valence electrons. The van der Waals surface area contributed by atoms with Crippen molar-refractivity contribution in [1.29, 1.82) is 0 Å². The van der Waals surface area contributed by atoms with Crippen LogP contribution in [0, 0.1) is 5.92 Å². The molecule has 2 aliphatic heterocycles. The fourth-order valence-corrected chi connectivity index (χ4v) is 3.91. The normalized spacial score (nSPS) is 19.5. The largest absolute Gasteiger partial charge is 0.379 e. The number of ether oxygens (including phenoxy) is 1. The molecule has 0 bridgehead atoms. The van der Waals surface area contributed by atoms with Gasteiger partial charge in [-0.3, -0.25) is 4.90 Å². The lowest BCUT2D eigenvalue weighted by molar-refractivity contribution is 0.0341. The van der Waals surface area contributed by atoms with Crippen molar-refractivity contribution < 1.29 is 9.53 Å². The summed E-state index contributed by atoms with van der Waals surface area (Å²) in [5.41, 5.74) is 2.47. The van der Waals surface area contributed by atoms with Crippen LogP contribution in [0.25, 0.3) is 0 Å². The Balaban J connectivity index is 1.34. The quantitative estimate of drug-likeness (QED) is 0.672. The summed E-state index contributed by atoms with van der Waals surface area (Å²) in [6, 6.07) is 8.29. The predicted molar refractivity (Wildman–Crippen MR) is 112 cm³/mol. The smallest absolute Gasteiger partial charge is 0.315 e. The van der Waals surface area contributed by atoms with E-state index in [0.29, 0.717) is 6.54 Å². The molecule has 0 radical (unpaired) electrons. The van der Waals surface area contributed by atoms with Crippen molar-refractivity contribution in [3.8, 4) is 0 Å². The molecule has 1 aromatic rings. The number of nitrogens with one attached hydrogen (secondary N) is 2. The molecule has 0 aliphatic carbocycles. The Morgan fingerprint density at radius 1 is 1.04 bits per heavy atom. The molecule has 2 saturated heterocycles. The number of likely N-dealkylation sites (tertiary alicyclic amines) is 1. The molecule has 0 aromatic heterocycles. The van der Waals surface area contributed by atoms with E-state index in [0.717, 1.165) is 58.3 Å². The van der Waals surface area contributed by atoms with Gasteiger partial charge in [0.1, 0.15) is 0 Å². The fraction of sp³-hybridized carbons (Fsp3) is 0.682. The number of benzene rings is 1. The molecule has 2 N–H and O–H groups in total. The minimum atomic E-state index is -0.0755. The summed E-state index contributed by atoms with van der Waals surface area (Å²) in [5, 5.41) is 6.01. The Hall–Kier alpha value is -1.63. The van der Waals surface area contributed by atoms with Crippen LogP contribution in [-0.4, -0.2) is 68.3 Å². The van der Waals surface area contributed by atoms with Crippen molar-refractivity contribution in [1.82, 2.24) is 20.4 Å². The van der Waals surface area contributed by atoms with E-state index in [2.05, 4.69) is 45.6 Å². The van der Waals surface area contributed by atoms with Gasteiger partial charge in [0.25, 0.3) is 0 Å². The second kappa shape index (κ2) is 11.4. The fourth-order valence-electron chi connectivity index (χ4n) is 3.91. The zero-order valence-corrected chi connectivity index (χ0v) is 17.3. The highest BCUT2D eigenvalue weighted by Crippen LogP contribution is 2.16. The summed E-state index contributed by atoms with van der Waals surface area (Å²) < 4.78 is 5.43. The molecule has 6 heteroatoms. The third-order valence-electron chi connectivity index (χ3n) is 5.87. The minimum absolute atomic E-state index is 0.0755. The van der Waals surface area contributed by atoms with Crippen LogP contribution in [0.5, 0.6) is 0 Å². The molecular formula is C22H36N4O2. The highest BCUT2D eigenvalue weighted by Gasteiger charge is 2.15. The molecule has 2 aliphatic rings. The summed E-state index contributed by atoms with van der Waals surface area (Å²) in [5.74, 6) is 0.867. The van der Waals surface area contributed by atoms with Crippen LogP contribution in [0.1, 0.15) is 37.3 Å². The van der Waals surface area contributed by atoms with Gasteiger partial charge >= 0.3 is 6.03 Å². The average Bonchev–Trinajstić information content (AvgIpc) is 2.73. The van der Waals surface area contributed by atoms with Crippen LogP contribution in [0.3, 0.4) is 0 Å². The number of hydrogen-bond acceptors (Lipinski definition) is 4. The maximum atomic E-state index is 12.1. The number of amides is 2. The van der Waals surface area contributed by atoms with E-state index in [4.69, 9.17) is 4.74 Å². The molecule has 2 amide bonds. The lowest BCUT2D eigenvalue weighted by Crippen LogP contribution is -2.38. The zero-order valence-electron chi connectivity index (χ0n) is 17.3. The first-order valence-electron chi connectivity index (χ1n) is 10.8. The summed E-state index contributed by atoms with van der Waals surface area (Å²) in [4.78, 5) is 17.1. The highest BCUT2D eigenvalue weighted by atomic mass is 16.5. The van der Waals surface area contributed by atoms with Gasteiger partial charge in [0, 0.05) is 32.7 Å². The van der Waals surface area contributed by atoms with E-state index in [1.54, 1.807) is 0 Å². The van der Waals surface area contributed by atoms with Gasteiger partial charge in [0.15, 0.2) is 0 Å². The van der Waals surface area contributed by atoms with Gasteiger partial charge in [0.05, 0.1) is 13.2 Å². The Morgan fingerprint density at radius 2 is 1.75 bits per heavy atom. The second-order valence-corrected chi connectivity index (χ2v) is 8.14. The van der Waals surface area contributed by atoms with Crippen LogP contribution in [0.4, 0.5) is 4.79 Å². The van der Waals surface area contributed by atoms with E-state index >= 15 is 0 Å². The molecular weight excluding hydrogens is 352 g/mol. The van der Waals surface area contributed by atoms with E-state index in [1.165, 1.54) is 37.1 Å². The second-order valence-electron chi connectivity index (χ2n) is 8.14. The monoisotopic (exact) mass is 388 g/mol. The van der Waals surface area contributed by atoms with Crippen molar-refractivity contribution in [2.24, 2.45) is 5.92 Å². The van der Waals surface area contributed by atoms with Gasteiger partial charge in [-0.25, -0.2) is 4.79 Å². The molecule has 0 unspecified atom stereocenters. The molecule has 0 saturated carbocycles. The Kier molecular flexibility index (Phi) is 8.58. The number of nitrogens with zero attached hydrogens (tertiary/aromatic N) is 2. The summed E-state index contributed by atoms with van der Waals surface area (Å²) in [7, 11) is 0. The topological polar surface area (TPSA) is 56.8 Å². The maximum absolute atomic E-state index is 12.1. The molecule has 0 spiro atoms. The van der Waals surface area contributed by atoms with Crippen molar-refractivity contribution in [3.63, 3.8) is 0 Å². The number of urea groups is 1.